The van der Waals surface area contributed by atoms with Gasteiger partial charge in [0, 0.05) is 48.9 Å². The molecule has 2 fully saturated rings. The van der Waals surface area contributed by atoms with Crippen LogP contribution in [0.2, 0.25) is 5.02 Å². The fourth-order valence-corrected chi connectivity index (χ4v) is 6.92. The third kappa shape index (κ3) is 6.28. The molecule has 2 aliphatic rings. The largest absolute Gasteiger partial charge is 0.495 e. The van der Waals surface area contributed by atoms with Gasteiger partial charge in [-0.15, -0.1) is 0 Å². The molecule has 2 saturated heterocycles. The molecule has 2 aliphatic heterocycles. The van der Waals surface area contributed by atoms with Crippen LogP contribution < -0.4 is 10.1 Å². The Balaban J connectivity index is 1.12. The number of amides is 1. The second-order valence-electron chi connectivity index (χ2n) is 11.6. The summed E-state index contributed by atoms with van der Waals surface area (Å²) in [6, 6.07) is 16.7. The molecule has 9 heteroatoms. The van der Waals surface area contributed by atoms with Crippen LogP contribution in [0.3, 0.4) is 0 Å². The number of nitrogens with one attached hydrogen (secondary N) is 1. The van der Waals surface area contributed by atoms with Gasteiger partial charge < -0.3 is 14.6 Å². The Hall–Kier alpha value is -4.01. The molecular formula is C35H34ClF2N3O3. The molecule has 6 rings (SSSR count). The Labute approximate surface area is 260 Å². The summed E-state index contributed by atoms with van der Waals surface area (Å²) < 4.78 is 34.9. The number of ether oxygens (including phenoxy) is 1. The number of halogens is 3. The summed E-state index contributed by atoms with van der Waals surface area (Å²) in [4.78, 5) is 28.6. The van der Waals surface area contributed by atoms with Gasteiger partial charge in [-0.1, -0.05) is 41.4 Å². The molecule has 0 saturated carbocycles. The fraction of sp³-hybridized carbons (Fsp3) is 0.314. The summed E-state index contributed by atoms with van der Waals surface area (Å²) in [5.74, 6) is -0.534. The van der Waals surface area contributed by atoms with Crippen LogP contribution in [0, 0.1) is 11.6 Å². The number of nitrogens with zero attached hydrogens (tertiary/aromatic N) is 2. The summed E-state index contributed by atoms with van der Waals surface area (Å²) in [5, 5.41) is 3.68. The quantitative estimate of drug-likeness (QED) is 0.149. The number of allylic oxidation sites excluding steroid dienone is 1. The van der Waals surface area contributed by atoms with E-state index in [0.717, 1.165) is 55.1 Å². The first-order valence-corrected chi connectivity index (χ1v) is 15.3. The van der Waals surface area contributed by atoms with Crippen LogP contribution in [0.15, 0.2) is 78.5 Å². The molecule has 0 radical (unpaired) electrons. The fourth-order valence-electron chi connectivity index (χ4n) is 6.74. The number of aromatic nitrogens is 1. The van der Waals surface area contributed by atoms with Crippen LogP contribution in [-0.2, 0) is 13.1 Å². The molecule has 2 atom stereocenters. The minimum atomic E-state index is -0.533. The number of carbonyl (C=O) groups excluding carboxylic acids is 2. The zero-order valence-electron chi connectivity index (χ0n) is 24.5. The van der Waals surface area contributed by atoms with E-state index < -0.39 is 5.82 Å². The first kappa shape index (κ1) is 30.0. The van der Waals surface area contributed by atoms with Crippen LogP contribution in [0.4, 0.5) is 8.78 Å². The van der Waals surface area contributed by atoms with Crippen LogP contribution >= 0.6 is 11.6 Å². The van der Waals surface area contributed by atoms with E-state index in [1.807, 2.05) is 24.4 Å². The number of aryl methyl sites for hydroxylation is 1. The monoisotopic (exact) mass is 617 g/mol. The van der Waals surface area contributed by atoms with Crippen molar-refractivity contribution in [3.8, 4) is 5.75 Å². The molecule has 4 aromatic rings. The lowest BCUT2D eigenvalue weighted by atomic mass is 9.94. The minimum absolute atomic E-state index is 0.0474. The van der Waals surface area contributed by atoms with Gasteiger partial charge in [0.15, 0.2) is 5.78 Å². The highest BCUT2D eigenvalue weighted by Crippen LogP contribution is 2.39. The van der Waals surface area contributed by atoms with Gasteiger partial charge in [0.2, 0.25) is 0 Å². The number of hydrogen-bond donors (Lipinski definition) is 1. The van der Waals surface area contributed by atoms with Crippen molar-refractivity contribution in [2.45, 2.75) is 57.3 Å². The van der Waals surface area contributed by atoms with Crippen LogP contribution in [0.1, 0.15) is 58.4 Å². The van der Waals surface area contributed by atoms with Crippen LogP contribution in [0.25, 0.3) is 10.9 Å². The van der Waals surface area contributed by atoms with Crippen molar-refractivity contribution in [3.05, 3.63) is 112 Å². The van der Waals surface area contributed by atoms with Gasteiger partial charge in [-0.05, 0) is 80.1 Å². The number of fused-ring (bicyclic) bond motifs is 3. The molecule has 6 nitrogen and oxygen atoms in total. The second kappa shape index (κ2) is 12.9. The van der Waals surface area contributed by atoms with Gasteiger partial charge in [-0.2, -0.15) is 0 Å². The molecule has 0 aliphatic carbocycles. The molecule has 228 valence electrons. The Bertz CT molecular complexity index is 1730. The Morgan fingerprint density at radius 2 is 1.80 bits per heavy atom. The van der Waals surface area contributed by atoms with Crippen molar-refractivity contribution in [3.63, 3.8) is 0 Å². The molecule has 44 heavy (non-hydrogen) atoms. The van der Waals surface area contributed by atoms with Crippen molar-refractivity contribution >= 4 is 34.2 Å². The maximum atomic E-state index is 13.6. The van der Waals surface area contributed by atoms with Gasteiger partial charge in [0.25, 0.3) is 5.91 Å². The van der Waals surface area contributed by atoms with E-state index in [2.05, 4.69) is 14.8 Å². The Kier molecular flexibility index (Phi) is 8.82. The third-order valence-corrected chi connectivity index (χ3v) is 9.08. The minimum Gasteiger partial charge on any atom is -0.495 e. The third-order valence-electron chi connectivity index (χ3n) is 8.79. The number of hydrogen-bond acceptors (Lipinski definition) is 4. The number of rotatable bonds is 10. The number of ketones is 1. The van der Waals surface area contributed by atoms with E-state index in [4.69, 9.17) is 16.3 Å². The zero-order chi connectivity index (χ0) is 30.8. The van der Waals surface area contributed by atoms with Crippen LogP contribution in [0.5, 0.6) is 5.75 Å². The Morgan fingerprint density at radius 3 is 2.52 bits per heavy atom. The lowest BCUT2D eigenvalue weighted by Gasteiger charge is -2.36. The van der Waals surface area contributed by atoms with E-state index in [9.17, 15) is 18.4 Å². The van der Waals surface area contributed by atoms with Gasteiger partial charge in [0.05, 0.1) is 23.2 Å². The zero-order valence-corrected chi connectivity index (χ0v) is 25.2. The van der Waals surface area contributed by atoms with Crippen molar-refractivity contribution in [1.29, 1.82) is 0 Å². The topological polar surface area (TPSA) is 63.6 Å². The van der Waals surface area contributed by atoms with Gasteiger partial charge in [-0.25, -0.2) is 8.78 Å². The molecular weight excluding hydrogens is 584 g/mol. The smallest absolute Gasteiger partial charge is 0.253 e. The highest BCUT2D eigenvalue weighted by Gasteiger charge is 2.38. The van der Waals surface area contributed by atoms with Crippen molar-refractivity contribution < 1.29 is 23.1 Å². The molecule has 2 bridgehead atoms. The summed E-state index contributed by atoms with van der Waals surface area (Å²) in [7, 11) is 1.63. The normalized spacial score (nSPS) is 19.0. The number of para-hydroxylation sites is 1. The number of methoxy groups -OCH3 is 1. The average molecular weight is 618 g/mol. The SMILES string of the molecule is COc1cccc2c(C(=O)NCc3cccc(F)c3)cn(CCCN3[C@@H]4CC[C@H]3CC(=CC(=O)c3ccc(F)c(Cl)c3)C4)c12. The number of benzene rings is 3. The molecule has 1 N–H and O–H groups in total. The van der Waals surface area contributed by atoms with Gasteiger partial charge in [-0.3, -0.25) is 14.5 Å². The highest BCUT2D eigenvalue weighted by atomic mass is 35.5. The number of piperidine rings is 1. The Morgan fingerprint density at radius 1 is 1.02 bits per heavy atom. The summed E-state index contributed by atoms with van der Waals surface area (Å²) in [6.07, 6.45) is 8.34. The lowest BCUT2D eigenvalue weighted by Crippen LogP contribution is -2.41. The molecule has 0 unspecified atom stereocenters. The van der Waals surface area contributed by atoms with Gasteiger partial charge in [0.1, 0.15) is 17.4 Å². The first-order valence-electron chi connectivity index (χ1n) is 14.9. The predicted octanol–water partition coefficient (Wildman–Crippen LogP) is 7.34. The molecule has 0 spiro atoms. The first-order chi connectivity index (χ1) is 21.3. The van der Waals surface area contributed by atoms with Crippen LogP contribution in [-0.4, -0.2) is 46.9 Å². The van der Waals surface area contributed by atoms with E-state index in [-0.39, 0.29) is 29.1 Å². The van der Waals surface area contributed by atoms with Crippen molar-refractivity contribution in [2.75, 3.05) is 13.7 Å². The number of carbonyl (C=O) groups is 2. The molecule has 1 amide bonds. The van der Waals surface area contributed by atoms with Crippen molar-refractivity contribution in [1.82, 2.24) is 14.8 Å². The van der Waals surface area contributed by atoms with E-state index in [1.165, 1.54) is 30.3 Å². The average Bonchev–Trinajstić information content (AvgIpc) is 3.50. The van der Waals surface area contributed by atoms with E-state index >= 15 is 0 Å². The molecule has 3 aromatic carbocycles. The highest BCUT2D eigenvalue weighted by molar-refractivity contribution is 6.31. The molecule has 3 heterocycles. The van der Waals surface area contributed by atoms with Crippen molar-refractivity contribution in [2.24, 2.45) is 0 Å². The second-order valence-corrected chi connectivity index (χ2v) is 12.0. The predicted molar refractivity (Wildman–Crippen MR) is 167 cm³/mol. The summed E-state index contributed by atoms with van der Waals surface area (Å²) >= 11 is 5.88. The summed E-state index contributed by atoms with van der Waals surface area (Å²) in [5.41, 5.74) is 3.65. The van der Waals surface area contributed by atoms with E-state index in [1.54, 1.807) is 25.3 Å². The van der Waals surface area contributed by atoms with Gasteiger partial charge >= 0.3 is 0 Å². The summed E-state index contributed by atoms with van der Waals surface area (Å²) in [6.45, 7) is 1.83. The maximum Gasteiger partial charge on any atom is 0.253 e. The standard InChI is InChI=1S/C35H34ClF2N3O3/c1-44-33-8-3-7-28-29(35(43)39-20-22-5-2-6-25(37)15-22)21-40(34(28)33)13-4-14-41-26-10-11-27(41)17-23(16-26)18-32(42)24-9-12-31(38)30(36)19-24/h2-3,5-9,12,15,18-19,21,26-27H,4,10-11,13-14,16-17,20H2,1H3,(H,39,43)/t26-,27+. The lowest BCUT2D eigenvalue weighted by molar-refractivity contribution is 0.0951. The molecule has 1 aromatic heterocycles. The van der Waals surface area contributed by atoms with E-state index in [0.29, 0.717) is 41.1 Å². The maximum absolute atomic E-state index is 13.6.